The van der Waals surface area contributed by atoms with Crippen LogP contribution in [0.4, 0.5) is 0 Å². The molecular weight excluding hydrogens is 132 g/mol. The molecule has 0 aromatic heterocycles. The van der Waals surface area contributed by atoms with Crippen LogP contribution in [0.3, 0.4) is 0 Å². The molecule has 0 fully saturated rings. The molecule has 0 bridgehead atoms. The highest BCUT2D eigenvalue weighted by molar-refractivity contribution is 5.82. The number of allylic oxidation sites excluding steroid dienone is 3. The van der Waals surface area contributed by atoms with Crippen molar-refractivity contribution in [2.45, 2.75) is 0 Å². The number of hydrogen-bond donors (Lipinski definition) is 0. The van der Waals surface area contributed by atoms with Crippen molar-refractivity contribution in [1.82, 2.24) is 0 Å². The number of rotatable bonds is 3. The maximum atomic E-state index is 10.3. The minimum Gasteiger partial charge on any atom is -0.466 e. The van der Waals surface area contributed by atoms with Crippen LogP contribution in [0.2, 0.25) is 0 Å². The Morgan fingerprint density at radius 3 is 2.70 bits per heavy atom. The molecule has 0 heterocycles. The van der Waals surface area contributed by atoms with E-state index in [1.165, 1.54) is 31.6 Å². The van der Waals surface area contributed by atoms with E-state index < -0.39 is 5.97 Å². The third kappa shape index (κ3) is 4.77. The standard InChI is InChI=1S/C7H7O3/c1-10-7(9)5-3-2-4-6-8/h2-5H,1H3. The highest BCUT2D eigenvalue weighted by Crippen LogP contribution is 1.78. The fourth-order valence-electron chi connectivity index (χ4n) is 0.297. The van der Waals surface area contributed by atoms with Crippen molar-refractivity contribution in [3.63, 3.8) is 0 Å². The summed E-state index contributed by atoms with van der Waals surface area (Å²) in [5.74, 6) is -0.449. The summed E-state index contributed by atoms with van der Waals surface area (Å²) in [6, 6.07) is 0. The molecule has 10 heavy (non-hydrogen) atoms. The van der Waals surface area contributed by atoms with Gasteiger partial charge in [-0.2, -0.15) is 0 Å². The van der Waals surface area contributed by atoms with E-state index in [2.05, 4.69) is 4.74 Å². The first-order valence-electron chi connectivity index (χ1n) is 2.60. The molecule has 0 aromatic rings. The second-order valence-corrected chi connectivity index (χ2v) is 1.36. The van der Waals surface area contributed by atoms with E-state index in [1.807, 2.05) is 0 Å². The van der Waals surface area contributed by atoms with Gasteiger partial charge in [-0.1, -0.05) is 12.2 Å². The van der Waals surface area contributed by atoms with Crippen molar-refractivity contribution in [1.29, 1.82) is 0 Å². The Kier molecular flexibility index (Phi) is 4.96. The van der Waals surface area contributed by atoms with Gasteiger partial charge in [0.15, 0.2) is 0 Å². The van der Waals surface area contributed by atoms with Crippen LogP contribution < -0.4 is 0 Å². The molecule has 1 radical (unpaired) electrons. The number of methoxy groups -OCH3 is 1. The van der Waals surface area contributed by atoms with Crippen molar-refractivity contribution >= 4 is 12.3 Å². The quantitative estimate of drug-likeness (QED) is 0.322. The number of esters is 1. The Morgan fingerprint density at radius 2 is 2.20 bits per heavy atom. The van der Waals surface area contributed by atoms with E-state index in [0.29, 0.717) is 0 Å². The fraction of sp³-hybridized carbons (Fsp3) is 0.143. The van der Waals surface area contributed by atoms with Crippen LogP contribution in [0.15, 0.2) is 24.3 Å². The lowest BCUT2D eigenvalue weighted by Crippen LogP contribution is -1.92. The van der Waals surface area contributed by atoms with Gasteiger partial charge in [-0.25, -0.2) is 4.79 Å². The number of carbonyl (C=O) groups excluding carboxylic acids is 2. The largest absolute Gasteiger partial charge is 0.466 e. The van der Waals surface area contributed by atoms with E-state index in [0.717, 1.165) is 6.08 Å². The zero-order valence-electron chi connectivity index (χ0n) is 5.53. The molecular formula is C7H7O3. The Bertz CT molecular complexity index is 168. The average molecular weight is 139 g/mol. The Balaban J connectivity index is 3.65. The molecule has 0 saturated carbocycles. The molecule has 0 aliphatic heterocycles. The van der Waals surface area contributed by atoms with Gasteiger partial charge in [0, 0.05) is 6.08 Å². The molecule has 3 nitrogen and oxygen atoms in total. The molecule has 0 spiro atoms. The Labute approximate surface area is 59.0 Å². The topological polar surface area (TPSA) is 43.4 Å². The highest BCUT2D eigenvalue weighted by atomic mass is 16.5. The minimum atomic E-state index is -0.449. The van der Waals surface area contributed by atoms with Gasteiger partial charge in [-0.15, -0.1) is 0 Å². The van der Waals surface area contributed by atoms with Crippen LogP contribution in [0.1, 0.15) is 0 Å². The van der Waals surface area contributed by atoms with Crippen molar-refractivity contribution in [3.05, 3.63) is 24.3 Å². The van der Waals surface area contributed by atoms with E-state index in [1.54, 1.807) is 0 Å². The van der Waals surface area contributed by atoms with Gasteiger partial charge in [0.1, 0.15) is 0 Å². The first-order valence-corrected chi connectivity index (χ1v) is 2.60. The van der Waals surface area contributed by atoms with Crippen molar-refractivity contribution in [2.75, 3.05) is 7.11 Å². The predicted molar refractivity (Wildman–Crippen MR) is 36.0 cm³/mol. The summed E-state index contributed by atoms with van der Waals surface area (Å²) in [6.45, 7) is 0. The van der Waals surface area contributed by atoms with Crippen molar-refractivity contribution in [3.8, 4) is 0 Å². The third-order valence-corrected chi connectivity index (χ3v) is 0.709. The molecule has 0 rings (SSSR count). The van der Waals surface area contributed by atoms with E-state index in [4.69, 9.17) is 0 Å². The molecule has 0 aliphatic rings. The summed E-state index contributed by atoms with van der Waals surface area (Å²) in [5.41, 5.74) is 0. The number of hydrogen-bond acceptors (Lipinski definition) is 3. The van der Waals surface area contributed by atoms with Gasteiger partial charge in [0.25, 0.3) is 0 Å². The van der Waals surface area contributed by atoms with Crippen LogP contribution in [0.25, 0.3) is 0 Å². The maximum absolute atomic E-state index is 10.3. The summed E-state index contributed by atoms with van der Waals surface area (Å²) < 4.78 is 4.27. The summed E-state index contributed by atoms with van der Waals surface area (Å²) in [6.07, 6.45) is 6.67. The molecule has 0 aliphatic carbocycles. The monoisotopic (exact) mass is 139 g/mol. The van der Waals surface area contributed by atoms with Crippen LogP contribution >= 0.6 is 0 Å². The van der Waals surface area contributed by atoms with Gasteiger partial charge in [-0.3, -0.25) is 4.79 Å². The molecule has 0 atom stereocenters. The van der Waals surface area contributed by atoms with Crippen LogP contribution in [0, 0.1) is 0 Å². The third-order valence-electron chi connectivity index (χ3n) is 0.709. The molecule has 0 saturated heterocycles. The number of carbonyl (C=O) groups is 1. The summed E-state index contributed by atoms with van der Waals surface area (Å²) in [5, 5.41) is 0. The average Bonchev–Trinajstić information content (AvgIpc) is 1.98. The smallest absolute Gasteiger partial charge is 0.330 e. The van der Waals surface area contributed by atoms with Gasteiger partial charge in [-0.05, 0) is 6.08 Å². The first kappa shape index (κ1) is 8.62. The summed E-state index contributed by atoms with van der Waals surface area (Å²) in [7, 11) is 1.28. The molecule has 0 amide bonds. The van der Waals surface area contributed by atoms with Gasteiger partial charge < -0.3 is 4.74 Å². The minimum absolute atomic E-state index is 0.449. The Morgan fingerprint density at radius 1 is 1.50 bits per heavy atom. The SMILES string of the molecule is COC(=O)C=CC=C[C]=O. The maximum Gasteiger partial charge on any atom is 0.330 e. The molecule has 53 valence electrons. The number of ether oxygens (including phenoxy) is 1. The van der Waals surface area contributed by atoms with Gasteiger partial charge >= 0.3 is 5.97 Å². The lowest BCUT2D eigenvalue weighted by molar-refractivity contribution is -0.134. The van der Waals surface area contributed by atoms with Crippen LogP contribution in [-0.2, 0) is 14.3 Å². The molecule has 0 N–H and O–H groups in total. The molecule has 0 aromatic carbocycles. The fourth-order valence-corrected chi connectivity index (χ4v) is 0.297. The zero-order chi connectivity index (χ0) is 7.82. The van der Waals surface area contributed by atoms with Crippen molar-refractivity contribution < 1.29 is 14.3 Å². The second-order valence-electron chi connectivity index (χ2n) is 1.36. The van der Waals surface area contributed by atoms with E-state index in [-0.39, 0.29) is 0 Å². The zero-order valence-corrected chi connectivity index (χ0v) is 5.53. The van der Waals surface area contributed by atoms with Gasteiger partial charge in [0.05, 0.1) is 7.11 Å². The summed E-state index contributed by atoms with van der Waals surface area (Å²) in [4.78, 5) is 19.9. The second kappa shape index (κ2) is 5.75. The van der Waals surface area contributed by atoms with Crippen molar-refractivity contribution in [2.24, 2.45) is 0 Å². The van der Waals surface area contributed by atoms with Gasteiger partial charge in [0.2, 0.25) is 6.29 Å². The van der Waals surface area contributed by atoms with Crippen LogP contribution in [0.5, 0.6) is 0 Å². The Hall–Kier alpha value is -1.38. The lowest BCUT2D eigenvalue weighted by Gasteiger charge is -1.85. The lowest BCUT2D eigenvalue weighted by atomic mass is 10.4. The first-order chi connectivity index (χ1) is 4.81. The van der Waals surface area contributed by atoms with E-state index in [9.17, 15) is 9.59 Å². The summed E-state index contributed by atoms with van der Waals surface area (Å²) >= 11 is 0. The van der Waals surface area contributed by atoms with E-state index >= 15 is 0 Å². The normalized spacial score (nSPS) is 10.5. The predicted octanol–water partition coefficient (Wildman–Crippen LogP) is 0.381. The molecule has 3 heteroatoms. The molecule has 0 unspecified atom stereocenters. The van der Waals surface area contributed by atoms with Crippen LogP contribution in [-0.4, -0.2) is 19.4 Å². The highest BCUT2D eigenvalue weighted by Gasteiger charge is 1.85.